The number of hydrazine groups is 1. The average molecular weight is 386 g/mol. The number of carbonyl (C=O) groups excluding carboxylic acids is 2. The van der Waals surface area contributed by atoms with Crippen molar-refractivity contribution in [3.63, 3.8) is 0 Å². The van der Waals surface area contributed by atoms with E-state index < -0.39 is 11.8 Å². The van der Waals surface area contributed by atoms with Crippen LogP contribution in [0.3, 0.4) is 0 Å². The van der Waals surface area contributed by atoms with E-state index in [-0.39, 0.29) is 17.1 Å². The van der Waals surface area contributed by atoms with Crippen molar-refractivity contribution in [3.8, 4) is 5.75 Å². The number of benzene rings is 1. The second-order valence-corrected chi connectivity index (χ2v) is 7.16. The van der Waals surface area contributed by atoms with Crippen LogP contribution >= 0.6 is 12.2 Å². The summed E-state index contributed by atoms with van der Waals surface area (Å²) in [5, 5.41) is 2.39. The number of pyridine rings is 1. The molecule has 0 fully saturated rings. The van der Waals surface area contributed by atoms with Crippen molar-refractivity contribution in [1.29, 1.82) is 0 Å². The summed E-state index contributed by atoms with van der Waals surface area (Å²) in [5.74, 6) is -0.252. The molecular formula is C19H22N4O3S. The first-order valence-corrected chi connectivity index (χ1v) is 8.70. The molecule has 2 aromatic rings. The Morgan fingerprint density at radius 3 is 2.26 bits per heavy atom. The van der Waals surface area contributed by atoms with Gasteiger partial charge in [-0.25, -0.2) is 0 Å². The van der Waals surface area contributed by atoms with Crippen LogP contribution in [0.4, 0.5) is 0 Å². The van der Waals surface area contributed by atoms with Gasteiger partial charge in [-0.1, -0.05) is 32.9 Å². The van der Waals surface area contributed by atoms with Crippen LogP contribution < -0.4 is 20.9 Å². The fourth-order valence-corrected chi connectivity index (χ4v) is 2.25. The van der Waals surface area contributed by atoms with E-state index in [2.05, 4.69) is 41.9 Å². The molecule has 0 unspecified atom stereocenters. The largest absolute Gasteiger partial charge is 0.484 e. The van der Waals surface area contributed by atoms with Crippen LogP contribution in [0.15, 0.2) is 48.8 Å². The average Bonchev–Trinajstić information content (AvgIpc) is 2.65. The van der Waals surface area contributed by atoms with Crippen LogP contribution in [0.2, 0.25) is 0 Å². The lowest BCUT2D eigenvalue weighted by molar-refractivity contribution is -0.121. The first kappa shape index (κ1) is 20.3. The number of aromatic nitrogens is 1. The SMILES string of the molecule is CC(C)(C)c1ccc(OCC(=O)NC(=S)NNC(=O)c2ccncc2)cc1. The summed E-state index contributed by atoms with van der Waals surface area (Å²) in [6.07, 6.45) is 3.00. The molecule has 2 amide bonds. The second-order valence-electron chi connectivity index (χ2n) is 6.76. The van der Waals surface area contributed by atoms with Gasteiger partial charge in [-0.05, 0) is 47.5 Å². The Hall–Kier alpha value is -3.00. The number of hydrogen-bond acceptors (Lipinski definition) is 5. The van der Waals surface area contributed by atoms with E-state index in [9.17, 15) is 9.59 Å². The molecule has 0 radical (unpaired) electrons. The molecule has 0 saturated carbocycles. The Morgan fingerprint density at radius 2 is 1.67 bits per heavy atom. The van der Waals surface area contributed by atoms with E-state index in [1.165, 1.54) is 18.0 Å². The maximum atomic E-state index is 11.9. The van der Waals surface area contributed by atoms with Crippen LogP contribution in [0.1, 0.15) is 36.7 Å². The summed E-state index contributed by atoms with van der Waals surface area (Å²) < 4.78 is 5.44. The number of rotatable bonds is 4. The number of nitrogens with zero attached hydrogens (tertiary/aromatic N) is 1. The highest BCUT2D eigenvalue weighted by molar-refractivity contribution is 7.80. The molecular weight excluding hydrogens is 364 g/mol. The molecule has 142 valence electrons. The van der Waals surface area contributed by atoms with Gasteiger partial charge in [0.25, 0.3) is 11.8 Å². The highest BCUT2D eigenvalue weighted by Gasteiger charge is 2.13. The molecule has 27 heavy (non-hydrogen) atoms. The number of amides is 2. The minimum Gasteiger partial charge on any atom is -0.484 e. The number of hydrogen-bond donors (Lipinski definition) is 3. The van der Waals surface area contributed by atoms with Crippen molar-refractivity contribution in [2.75, 3.05) is 6.61 Å². The minimum absolute atomic E-state index is 0.0333. The molecule has 1 aromatic heterocycles. The van der Waals surface area contributed by atoms with Gasteiger partial charge in [0.05, 0.1) is 0 Å². The molecule has 0 spiro atoms. The van der Waals surface area contributed by atoms with Gasteiger partial charge >= 0.3 is 0 Å². The second kappa shape index (κ2) is 9.09. The summed E-state index contributed by atoms with van der Waals surface area (Å²) in [7, 11) is 0. The topological polar surface area (TPSA) is 92.4 Å². The van der Waals surface area contributed by atoms with Gasteiger partial charge in [0.2, 0.25) is 0 Å². The van der Waals surface area contributed by atoms with E-state index in [0.29, 0.717) is 11.3 Å². The number of nitrogens with one attached hydrogen (secondary N) is 3. The van der Waals surface area contributed by atoms with Crippen LogP contribution in [0.25, 0.3) is 0 Å². The van der Waals surface area contributed by atoms with Gasteiger partial charge in [-0.15, -0.1) is 0 Å². The molecule has 1 heterocycles. The predicted octanol–water partition coefficient (Wildman–Crippen LogP) is 2.09. The highest BCUT2D eigenvalue weighted by Crippen LogP contribution is 2.24. The lowest BCUT2D eigenvalue weighted by atomic mass is 9.87. The zero-order chi connectivity index (χ0) is 19.9. The highest BCUT2D eigenvalue weighted by atomic mass is 32.1. The summed E-state index contributed by atoms with van der Waals surface area (Å²) in [6.45, 7) is 6.17. The molecule has 7 nitrogen and oxygen atoms in total. The van der Waals surface area contributed by atoms with Crippen molar-refractivity contribution < 1.29 is 14.3 Å². The van der Waals surface area contributed by atoms with Crippen LogP contribution in [-0.2, 0) is 10.2 Å². The van der Waals surface area contributed by atoms with E-state index in [1.54, 1.807) is 12.1 Å². The third kappa shape index (κ3) is 6.67. The molecule has 1 aromatic carbocycles. The standard InChI is InChI=1S/C19H22N4O3S/c1-19(2,3)14-4-6-15(7-5-14)26-12-16(24)21-18(27)23-22-17(25)13-8-10-20-11-9-13/h4-11H,12H2,1-3H3,(H,22,25)(H2,21,23,24,27). The Bertz CT molecular complexity index is 802. The molecule has 0 aliphatic rings. The third-order valence-electron chi connectivity index (χ3n) is 3.58. The van der Waals surface area contributed by atoms with E-state index in [0.717, 1.165) is 0 Å². The van der Waals surface area contributed by atoms with E-state index in [1.807, 2.05) is 24.3 Å². The van der Waals surface area contributed by atoms with E-state index in [4.69, 9.17) is 17.0 Å². The quantitative estimate of drug-likeness (QED) is 0.551. The van der Waals surface area contributed by atoms with Crippen LogP contribution in [0.5, 0.6) is 5.75 Å². The normalized spacial score (nSPS) is 10.6. The zero-order valence-corrected chi connectivity index (χ0v) is 16.2. The Kier molecular flexibility index (Phi) is 6.84. The summed E-state index contributed by atoms with van der Waals surface area (Å²) in [6, 6.07) is 10.7. The molecule has 8 heteroatoms. The molecule has 0 saturated heterocycles. The van der Waals surface area contributed by atoms with Gasteiger partial charge in [-0.3, -0.25) is 30.7 Å². The predicted molar refractivity (Wildman–Crippen MR) is 106 cm³/mol. The van der Waals surface area contributed by atoms with Crippen molar-refractivity contribution >= 4 is 29.1 Å². The Morgan fingerprint density at radius 1 is 1.04 bits per heavy atom. The number of ether oxygens (including phenoxy) is 1. The van der Waals surface area contributed by atoms with Gasteiger partial charge in [0, 0.05) is 18.0 Å². The summed E-state index contributed by atoms with van der Waals surface area (Å²) >= 11 is 4.96. The molecule has 0 aliphatic heterocycles. The summed E-state index contributed by atoms with van der Waals surface area (Å²) in [5.41, 5.74) is 6.48. The van der Waals surface area contributed by atoms with Crippen molar-refractivity contribution in [3.05, 3.63) is 59.9 Å². The molecule has 3 N–H and O–H groups in total. The lowest BCUT2D eigenvalue weighted by Gasteiger charge is -2.19. The Balaban J connectivity index is 1.73. The van der Waals surface area contributed by atoms with Gasteiger partial charge in [0.15, 0.2) is 11.7 Å². The smallest absolute Gasteiger partial charge is 0.269 e. The van der Waals surface area contributed by atoms with Crippen LogP contribution in [0, 0.1) is 0 Å². The minimum atomic E-state index is -0.439. The molecule has 0 aliphatic carbocycles. The van der Waals surface area contributed by atoms with Gasteiger partial charge in [0.1, 0.15) is 5.75 Å². The van der Waals surface area contributed by atoms with Crippen molar-refractivity contribution in [2.24, 2.45) is 0 Å². The van der Waals surface area contributed by atoms with Crippen molar-refractivity contribution in [2.45, 2.75) is 26.2 Å². The number of thiocarbonyl (C=S) groups is 1. The van der Waals surface area contributed by atoms with Crippen molar-refractivity contribution in [1.82, 2.24) is 21.2 Å². The monoisotopic (exact) mass is 386 g/mol. The maximum absolute atomic E-state index is 11.9. The Labute approximate surface area is 163 Å². The first-order valence-electron chi connectivity index (χ1n) is 8.29. The van der Waals surface area contributed by atoms with E-state index >= 15 is 0 Å². The fraction of sp³-hybridized carbons (Fsp3) is 0.263. The van der Waals surface area contributed by atoms with Crippen LogP contribution in [-0.4, -0.2) is 28.5 Å². The first-order chi connectivity index (χ1) is 12.8. The summed E-state index contributed by atoms with van der Waals surface area (Å²) in [4.78, 5) is 27.6. The lowest BCUT2D eigenvalue weighted by Crippen LogP contribution is -2.49. The molecule has 2 rings (SSSR count). The maximum Gasteiger partial charge on any atom is 0.269 e. The number of carbonyl (C=O) groups is 2. The third-order valence-corrected chi connectivity index (χ3v) is 3.78. The molecule has 0 atom stereocenters. The van der Waals surface area contributed by atoms with Gasteiger partial charge in [-0.2, -0.15) is 0 Å². The van der Waals surface area contributed by atoms with Gasteiger partial charge < -0.3 is 4.74 Å². The molecule has 0 bridgehead atoms. The zero-order valence-electron chi connectivity index (χ0n) is 15.4. The fourth-order valence-electron chi connectivity index (χ4n) is 2.08.